The van der Waals surface area contributed by atoms with E-state index < -0.39 is 36.3 Å². The number of hydrogen-bond acceptors (Lipinski definition) is 7. The molecule has 0 aliphatic heterocycles. The van der Waals surface area contributed by atoms with Gasteiger partial charge in [-0.25, -0.2) is 4.79 Å². The molecule has 0 spiro atoms. The van der Waals surface area contributed by atoms with Crippen LogP contribution in [0, 0.1) is 0 Å². The number of halogens is 3. The maximum atomic E-state index is 13.5. The molecule has 0 heterocycles. The number of hydrogen-bond donors (Lipinski definition) is 3. The van der Waals surface area contributed by atoms with Gasteiger partial charge in [-0.15, -0.1) is 0 Å². The Bertz CT molecular complexity index is 1870. The van der Waals surface area contributed by atoms with Crippen molar-refractivity contribution in [1.29, 1.82) is 0 Å². The summed E-state index contributed by atoms with van der Waals surface area (Å²) in [4.78, 5) is 27.1. The van der Waals surface area contributed by atoms with E-state index in [1.807, 2.05) is 30.3 Å². The Labute approximate surface area is 275 Å². The minimum Gasteiger partial charge on any atom is -0.497 e. The lowest BCUT2D eigenvalue weighted by atomic mass is 10.0. The van der Waals surface area contributed by atoms with Crippen molar-refractivity contribution < 1.29 is 42.4 Å². The molecule has 0 fully saturated rings. The number of alkyl halides is 3. The molecule has 0 saturated heterocycles. The number of aliphatic hydroxyl groups is 2. The minimum atomic E-state index is -4.66. The Balaban J connectivity index is 1.20. The number of rotatable bonds is 12. The van der Waals surface area contributed by atoms with Crippen molar-refractivity contribution in [1.82, 2.24) is 4.90 Å². The average Bonchev–Trinajstić information content (AvgIpc) is 3.08. The van der Waals surface area contributed by atoms with E-state index in [2.05, 4.69) is 5.32 Å². The molecule has 1 unspecified atom stereocenters. The highest BCUT2D eigenvalue weighted by Gasteiger charge is 2.34. The van der Waals surface area contributed by atoms with Crippen molar-refractivity contribution in [3.63, 3.8) is 0 Å². The molecule has 1 amide bonds. The Hall–Kier alpha value is -5.23. The fourth-order valence-corrected chi connectivity index (χ4v) is 5.31. The molecular formula is C37H33F3N2O6. The quantitative estimate of drug-likeness (QED) is 0.0773. The monoisotopic (exact) mass is 658 g/mol. The minimum absolute atomic E-state index is 0.0335. The summed E-state index contributed by atoms with van der Waals surface area (Å²) in [5, 5.41) is 25.1. The zero-order valence-corrected chi connectivity index (χ0v) is 25.9. The second-order valence-corrected chi connectivity index (χ2v) is 11.0. The number of ether oxygens (including phenoxy) is 2. The van der Waals surface area contributed by atoms with Gasteiger partial charge in [-0.05, 0) is 69.9 Å². The van der Waals surface area contributed by atoms with E-state index in [0.717, 1.165) is 22.4 Å². The van der Waals surface area contributed by atoms with Gasteiger partial charge in [0.05, 0.1) is 31.3 Å². The van der Waals surface area contributed by atoms with Crippen molar-refractivity contribution in [2.75, 3.05) is 25.6 Å². The number of anilines is 1. The van der Waals surface area contributed by atoms with Crippen LogP contribution in [0.3, 0.4) is 0 Å². The van der Waals surface area contributed by atoms with Gasteiger partial charge in [-0.2, -0.15) is 13.2 Å². The fourth-order valence-electron chi connectivity index (χ4n) is 5.31. The maximum Gasteiger partial charge on any atom is 0.416 e. The number of benzene rings is 5. The fraction of sp³-hybridized carbons (Fsp3) is 0.189. The van der Waals surface area contributed by atoms with Gasteiger partial charge in [-0.1, -0.05) is 66.7 Å². The Morgan fingerprint density at radius 2 is 1.56 bits per heavy atom. The number of fused-ring (bicyclic) bond motifs is 1. The van der Waals surface area contributed by atoms with Gasteiger partial charge in [0.1, 0.15) is 17.7 Å². The highest BCUT2D eigenvalue weighted by atomic mass is 19.4. The van der Waals surface area contributed by atoms with Gasteiger partial charge in [0.15, 0.2) is 0 Å². The van der Waals surface area contributed by atoms with Gasteiger partial charge in [0.25, 0.3) is 0 Å². The number of carbonyl (C=O) groups is 2. The second kappa shape index (κ2) is 15.1. The molecular weight excluding hydrogens is 625 g/mol. The number of methoxy groups -OCH3 is 1. The predicted molar refractivity (Wildman–Crippen MR) is 175 cm³/mol. The third-order valence-corrected chi connectivity index (χ3v) is 7.73. The van der Waals surface area contributed by atoms with Crippen molar-refractivity contribution >= 4 is 28.3 Å². The van der Waals surface area contributed by atoms with Crippen LogP contribution in [0.5, 0.6) is 11.5 Å². The van der Waals surface area contributed by atoms with E-state index in [9.17, 15) is 33.0 Å². The summed E-state index contributed by atoms with van der Waals surface area (Å²) in [6.45, 7) is 0.166. The molecule has 0 aromatic heterocycles. The number of esters is 1. The van der Waals surface area contributed by atoms with E-state index in [-0.39, 0.29) is 31.0 Å². The summed E-state index contributed by atoms with van der Waals surface area (Å²) in [5.41, 5.74) is 0.900. The largest absolute Gasteiger partial charge is 0.497 e. The lowest BCUT2D eigenvalue weighted by Gasteiger charge is -2.27. The summed E-state index contributed by atoms with van der Waals surface area (Å²) >= 11 is 0. The first kappa shape index (κ1) is 34.1. The zero-order chi connectivity index (χ0) is 34.3. The van der Waals surface area contributed by atoms with E-state index in [0.29, 0.717) is 22.6 Å². The molecule has 3 N–H and O–H groups in total. The first-order valence-electron chi connectivity index (χ1n) is 15.0. The molecule has 8 nitrogen and oxygen atoms in total. The van der Waals surface area contributed by atoms with Crippen molar-refractivity contribution in [3.8, 4) is 11.5 Å². The van der Waals surface area contributed by atoms with E-state index >= 15 is 0 Å². The van der Waals surface area contributed by atoms with Crippen LogP contribution in [0.2, 0.25) is 0 Å². The van der Waals surface area contributed by atoms with Crippen LogP contribution in [0.15, 0.2) is 109 Å². The van der Waals surface area contributed by atoms with E-state index in [4.69, 9.17) is 9.47 Å². The molecule has 0 aliphatic carbocycles. The summed E-state index contributed by atoms with van der Waals surface area (Å²) < 4.78 is 51.1. The molecule has 48 heavy (non-hydrogen) atoms. The molecule has 1 atom stereocenters. The van der Waals surface area contributed by atoms with E-state index in [1.165, 1.54) is 31.4 Å². The lowest BCUT2D eigenvalue weighted by Crippen LogP contribution is -2.31. The van der Waals surface area contributed by atoms with Crippen LogP contribution in [-0.4, -0.2) is 47.3 Å². The second-order valence-electron chi connectivity index (χ2n) is 11.0. The predicted octanol–water partition coefficient (Wildman–Crippen LogP) is 6.75. The third kappa shape index (κ3) is 8.37. The zero-order valence-electron chi connectivity index (χ0n) is 25.9. The highest BCUT2D eigenvalue weighted by molar-refractivity contribution is 6.05. The molecule has 0 radical (unpaired) electrons. The standard InChI is InChI=1S/C37H33F3N2O6/c1-47-30-18-13-27(33(22-30)37(38,39)40)21-34(44)41-28-14-11-26(12-15-28)35(45)42(19-20-43)23-24-9-16-29(17-10-24)48-36(46)32-8-4-6-25-5-2-3-7-31(25)32/h2-18,22,35,43,45H,19-21,23H2,1H3,(H,41,44). The van der Waals surface area contributed by atoms with Gasteiger partial charge in [-0.3, -0.25) is 9.69 Å². The normalized spacial score (nSPS) is 12.1. The number of carbonyl (C=O) groups excluding carboxylic acids is 2. The van der Waals surface area contributed by atoms with Crippen LogP contribution in [-0.2, 0) is 23.9 Å². The van der Waals surface area contributed by atoms with Crippen molar-refractivity contribution in [3.05, 3.63) is 137 Å². The molecule has 11 heteroatoms. The van der Waals surface area contributed by atoms with Crippen LogP contribution < -0.4 is 14.8 Å². The number of nitrogens with zero attached hydrogens (tertiary/aromatic N) is 1. The SMILES string of the molecule is COc1ccc(CC(=O)Nc2ccc(C(O)N(CCO)Cc3ccc(OC(=O)c4cccc5ccccc45)cc3)cc2)c(C(F)(F)F)c1. The molecule has 5 rings (SSSR count). The van der Waals surface area contributed by atoms with Crippen LogP contribution >= 0.6 is 0 Å². The molecule has 248 valence electrons. The Morgan fingerprint density at radius 1 is 0.875 bits per heavy atom. The van der Waals surface area contributed by atoms with Crippen LogP contribution in [0.25, 0.3) is 10.8 Å². The molecule has 0 aliphatic rings. The summed E-state index contributed by atoms with van der Waals surface area (Å²) in [6.07, 6.45) is -6.29. The first-order chi connectivity index (χ1) is 23.0. The maximum absolute atomic E-state index is 13.5. The highest BCUT2D eigenvalue weighted by Crippen LogP contribution is 2.35. The lowest BCUT2D eigenvalue weighted by molar-refractivity contribution is -0.138. The van der Waals surface area contributed by atoms with Crippen molar-refractivity contribution in [2.24, 2.45) is 0 Å². The Kier molecular flexibility index (Phi) is 10.7. The van der Waals surface area contributed by atoms with Gasteiger partial charge in [0, 0.05) is 18.8 Å². The first-order valence-corrected chi connectivity index (χ1v) is 15.0. The van der Waals surface area contributed by atoms with Crippen LogP contribution in [0.1, 0.15) is 38.8 Å². The van der Waals surface area contributed by atoms with Crippen LogP contribution in [0.4, 0.5) is 18.9 Å². The van der Waals surface area contributed by atoms with E-state index in [1.54, 1.807) is 53.4 Å². The molecule has 5 aromatic rings. The third-order valence-electron chi connectivity index (χ3n) is 7.73. The van der Waals surface area contributed by atoms with Gasteiger partial charge >= 0.3 is 12.1 Å². The summed E-state index contributed by atoms with van der Waals surface area (Å²) in [6, 6.07) is 29.4. The summed E-state index contributed by atoms with van der Waals surface area (Å²) in [5.74, 6) is -0.744. The molecule has 0 saturated carbocycles. The number of aliphatic hydroxyl groups excluding tert-OH is 2. The van der Waals surface area contributed by atoms with Gasteiger partial charge in [0.2, 0.25) is 5.91 Å². The summed E-state index contributed by atoms with van der Waals surface area (Å²) in [7, 11) is 1.26. The van der Waals surface area contributed by atoms with Gasteiger partial charge < -0.3 is 25.0 Å². The number of amides is 1. The smallest absolute Gasteiger partial charge is 0.416 e. The molecule has 5 aromatic carbocycles. The molecule has 0 bridgehead atoms. The Morgan fingerprint density at radius 3 is 2.25 bits per heavy atom. The topological polar surface area (TPSA) is 108 Å². The van der Waals surface area contributed by atoms with Crippen molar-refractivity contribution in [2.45, 2.75) is 25.4 Å². The average molecular weight is 659 g/mol. The number of nitrogens with one attached hydrogen (secondary N) is 1.